The molecule has 1 heterocycles. The fourth-order valence-corrected chi connectivity index (χ4v) is 2.53. The largest absolute Gasteiger partial charge is 0.259 e. The Kier molecular flexibility index (Phi) is 3.53. The van der Waals surface area contributed by atoms with Gasteiger partial charge >= 0.3 is 0 Å². The minimum atomic E-state index is -0.442. The lowest BCUT2D eigenvalue weighted by Gasteiger charge is -1.97. The summed E-state index contributed by atoms with van der Waals surface area (Å²) in [6.07, 6.45) is 1.48. The van der Waals surface area contributed by atoms with Crippen molar-refractivity contribution in [2.45, 2.75) is 6.92 Å². The molecule has 0 radical (unpaired) electrons. The highest BCUT2D eigenvalue weighted by molar-refractivity contribution is 7.16. The molecule has 0 saturated carbocycles. The number of halogens is 1. The molecule has 0 spiro atoms. The molecule has 92 valence electrons. The second kappa shape index (κ2) is 5.10. The lowest BCUT2D eigenvalue weighted by molar-refractivity contribution is -0.422. The smallest absolute Gasteiger partial charge is 0.244 e. The summed E-state index contributed by atoms with van der Waals surface area (Å²) < 4.78 is 13.6. The van der Waals surface area contributed by atoms with Crippen LogP contribution in [0.15, 0.2) is 42.1 Å². The van der Waals surface area contributed by atoms with Crippen molar-refractivity contribution in [1.82, 2.24) is 0 Å². The van der Waals surface area contributed by atoms with E-state index >= 15 is 0 Å². The second-order valence-electron chi connectivity index (χ2n) is 3.72. The third kappa shape index (κ3) is 2.62. The van der Waals surface area contributed by atoms with Crippen molar-refractivity contribution < 1.29 is 9.31 Å². The number of benzene rings is 1. The summed E-state index contributed by atoms with van der Waals surface area (Å²) in [4.78, 5) is 11.6. The number of nitro groups is 1. The van der Waals surface area contributed by atoms with Crippen molar-refractivity contribution >= 4 is 17.4 Å². The molecule has 0 fully saturated rings. The lowest BCUT2D eigenvalue weighted by Crippen LogP contribution is -1.91. The molecular weight excluding hydrogens is 253 g/mol. The lowest BCUT2D eigenvalue weighted by atomic mass is 10.2. The van der Waals surface area contributed by atoms with E-state index in [0.717, 1.165) is 9.75 Å². The van der Waals surface area contributed by atoms with Gasteiger partial charge in [-0.2, -0.15) is 0 Å². The van der Waals surface area contributed by atoms with Gasteiger partial charge in [-0.25, -0.2) is 4.39 Å². The van der Waals surface area contributed by atoms with Gasteiger partial charge in [-0.3, -0.25) is 10.1 Å². The molecule has 0 aliphatic heterocycles. The summed E-state index contributed by atoms with van der Waals surface area (Å²) in [6.45, 7) is 1.43. The average molecular weight is 263 g/mol. The normalized spacial score (nSPS) is 11.6. The molecule has 2 rings (SSSR count). The van der Waals surface area contributed by atoms with Crippen molar-refractivity contribution in [2.75, 3.05) is 0 Å². The number of allylic oxidation sites excluding steroid dienone is 1. The summed E-state index contributed by atoms with van der Waals surface area (Å²) in [5.41, 5.74) is 0.581. The van der Waals surface area contributed by atoms with Crippen LogP contribution >= 0.6 is 11.3 Å². The van der Waals surface area contributed by atoms with Crippen LogP contribution in [0.25, 0.3) is 16.5 Å². The van der Waals surface area contributed by atoms with Gasteiger partial charge in [0.1, 0.15) is 5.82 Å². The van der Waals surface area contributed by atoms with E-state index < -0.39 is 4.92 Å². The summed E-state index contributed by atoms with van der Waals surface area (Å²) in [5, 5.41) is 10.5. The SMILES string of the molecule is C/C(=C\c1ccc(-c2ccccc2F)s1)[N+](=O)[O-]. The maximum absolute atomic E-state index is 13.6. The van der Waals surface area contributed by atoms with Crippen LogP contribution in [0.5, 0.6) is 0 Å². The van der Waals surface area contributed by atoms with Gasteiger partial charge in [0.05, 0.1) is 4.92 Å². The number of thiophene rings is 1. The molecule has 1 aromatic carbocycles. The summed E-state index contributed by atoms with van der Waals surface area (Å²) >= 11 is 1.33. The summed E-state index contributed by atoms with van der Waals surface area (Å²) in [7, 11) is 0. The first-order chi connectivity index (χ1) is 8.58. The van der Waals surface area contributed by atoms with Crippen LogP contribution in [0, 0.1) is 15.9 Å². The van der Waals surface area contributed by atoms with Crippen molar-refractivity contribution in [1.29, 1.82) is 0 Å². The molecule has 0 amide bonds. The van der Waals surface area contributed by atoms with Gasteiger partial charge in [-0.15, -0.1) is 11.3 Å². The highest BCUT2D eigenvalue weighted by atomic mass is 32.1. The Morgan fingerprint density at radius 1 is 1.33 bits per heavy atom. The van der Waals surface area contributed by atoms with Gasteiger partial charge in [0.25, 0.3) is 0 Å². The minimum Gasteiger partial charge on any atom is -0.259 e. The standard InChI is InChI=1S/C13H10FNO2S/c1-9(15(16)17)8-10-6-7-13(18-10)11-4-2-3-5-12(11)14/h2-8H,1H3/b9-8+. The topological polar surface area (TPSA) is 43.1 Å². The maximum atomic E-state index is 13.6. The first-order valence-electron chi connectivity index (χ1n) is 5.25. The minimum absolute atomic E-state index is 0.0666. The van der Waals surface area contributed by atoms with Crippen molar-refractivity contribution in [3.63, 3.8) is 0 Å². The monoisotopic (exact) mass is 263 g/mol. The Labute approximate surface area is 107 Å². The molecule has 0 aliphatic carbocycles. The molecule has 0 aliphatic rings. The fourth-order valence-electron chi connectivity index (χ4n) is 1.49. The average Bonchev–Trinajstić information content (AvgIpc) is 2.77. The molecule has 3 nitrogen and oxygen atoms in total. The molecule has 0 N–H and O–H groups in total. The molecule has 0 saturated heterocycles. The zero-order chi connectivity index (χ0) is 13.1. The van der Waals surface area contributed by atoms with Crippen LogP contribution in [-0.2, 0) is 0 Å². The Morgan fingerprint density at radius 3 is 2.72 bits per heavy atom. The van der Waals surface area contributed by atoms with Gasteiger partial charge in [0.15, 0.2) is 0 Å². The zero-order valence-corrected chi connectivity index (χ0v) is 10.4. The van der Waals surface area contributed by atoms with E-state index in [2.05, 4.69) is 0 Å². The van der Waals surface area contributed by atoms with Gasteiger partial charge in [-0.05, 0) is 18.2 Å². The predicted molar refractivity (Wildman–Crippen MR) is 70.4 cm³/mol. The van der Waals surface area contributed by atoms with Crippen LogP contribution in [0.1, 0.15) is 11.8 Å². The summed E-state index contributed by atoms with van der Waals surface area (Å²) in [6, 6.07) is 9.99. The van der Waals surface area contributed by atoms with E-state index in [-0.39, 0.29) is 11.5 Å². The molecule has 18 heavy (non-hydrogen) atoms. The summed E-state index contributed by atoms with van der Waals surface area (Å²) in [5.74, 6) is -0.291. The first-order valence-corrected chi connectivity index (χ1v) is 6.07. The predicted octanol–water partition coefficient (Wildman–Crippen LogP) is 4.19. The quantitative estimate of drug-likeness (QED) is 0.615. The Hall–Kier alpha value is -2.01. The van der Waals surface area contributed by atoms with E-state index in [0.29, 0.717) is 5.56 Å². The zero-order valence-electron chi connectivity index (χ0n) is 9.59. The molecule has 0 unspecified atom stereocenters. The van der Waals surface area contributed by atoms with Crippen molar-refractivity contribution in [3.05, 3.63) is 62.9 Å². The van der Waals surface area contributed by atoms with E-state index in [1.807, 2.05) is 0 Å². The highest BCUT2D eigenvalue weighted by Crippen LogP contribution is 2.30. The Balaban J connectivity index is 2.35. The van der Waals surface area contributed by atoms with Crippen LogP contribution in [0.2, 0.25) is 0 Å². The van der Waals surface area contributed by atoms with Crippen LogP contribution in [0.4, 0.5) is 4.39 Å². The van der Waals surface area contributed by atoms with E-state index in [9.17, 15) is 14.5 Å². The molecule has 2 aromatic rings. The van der Waals surface area contributed by atoms with Crippen molar-refractivity contribution in [2.24, 2.45) is 0 Å². The number of rotatable bonds is 3. The van der Waals surface area contributed by atoms with Crippen LogP contribution in [0.3, 0.4) is 0 Å². The number of hydrogen-bond acceptors (Lipinski definition) is 3. The third-order valence-electron chi connectivity index (χ3n) is 2.41. The molecule has 0 bridgehead atoms. The molecule has 1 aromatic heterocycles. The second-order valence-corrected chi connectivity index (χ2v) is 4.84. The van der Waals surface area contributed by atoms with Gasteiger partial charge in [-0.1, -0.05) is 18.2 Å². The fraction of sp³-hybridized carbons (Fsp3) is 0.0769. The van der Waals surface area contributed by atoms with Gasteiger partial charge < -0.3 is 0 Å². The molecule has 5 heteroatoms. The highest BCUT2D eigenvalue weighted by Gasteiger charge is 2.08. The van der Waals surface area contributed by atoms with E-state index in [1.54, 1.807) is 30.3 Å². The molecular formula is C13H10FNO2S. The van der Waals surface area contributed by atoms with Crippen LogP contribution in [-0.4, -0.2) is 4.92 Å². The van der Waals surface area contributed by atoms with Crippen molar-refractivity contribution in [3.8, 4) is 10.4 Å². The number of nitrogens with zero attached hydrogens (tertiary/aromatic N) is 1. The van der Waals surface area contributed by atoms with Gasteiger partial charge in [0, 0.05) is 28.3 Å². The van der Waals surface area contributed by atoms with Gasteiger partial charge in [0.2, 0.25) is 5.70 Å². The first kappa shape index (κ1) is 12.4. The Bertz CT molecular complexity index is 619. The van der Waals surface area contributed by atoms with Crippen LogP contribution < -0.4 is 0 Å². The Morgan fingerprint density at radius 2 is 2.06 bits per heavy atom. The van der Waals surface area contributed by atoms with E-state index in [4.69, 9.17) is 0 Å². The number of hydrogen-bond donors (Lipinski definition) is 0. The molecule has 0 atom stereocenters. The maximum Gasteiger partial charge on any atom is 0.244 e. The third-order valence-corrected chi connectivity index (χ3v) is 3.47. The van der Waals surface area contributed by atoms with E-state index in [1.165, 1.54) is 30.4 Å².